The summed E-state index contributed by atoms with van der Waals surface area (Å²) in [5.41, 5.74) is 5.81. The Morgan fingerprint density at radius 1 is 0.862 bits per heavy atom. The Morgan fingerprint density at radius 2 is 1.55 bits per heavy atom. The third-order valence-electron chi connectivity index (χ3n) is 5.19. The predicted octanol–water partition coefficient (Wildman–Crippen LogP) is 4.50. The lowest BCUT2D eigenvalue weighted by Crippen LogP contribution is -2.28. The molecule has 0 aliphatic heterocycles. The van der Waals surface area contributed by atoms with E-state index >= 15 is 0 Å². The topological polar surface area (TPSA) is 46.8 Å². The minimum absolute atomic E-state index is 0.0768. The van der Waals surface area contributed by atoms with E-state index in [1.54, 1.807) is 0 Å². The van der Waals surface area contributed by atoms with Crippen LogP contribution in [-0.2, 0) is 6.54 Å². The maximum Gasteiger partial charge on any atom is 0.178 e. The molecule has 1 aromatic heterocycles. The van der Waals surface area contributed by atoms with Crippen LogP contribution in [0.4, 0.5) is 0 Å². The largest absolute Gasteiger partial charge is 0.288 e. The lowest BCUT2D eigenvalue weighted by atomic mass is 10.0. The van der Waals surface area contributed by atoms with E-state index in [4.69, 9.17) is 0 Å². The Bertz CT molecular complexity index is 1070. The monoisotopic (exact) mass is 383 g/mol. The van der Waals surface area contributed by atoms with Crippen molar-refractivity contribution in [2.24, 2.45) is 0 Å². The summed E-state index contributed by atoms with van der Waals surface area (Å²) in [6, 6.07) is 27.2. The second-order valence-electron chi connectivity index (χ2n) is 7.45. The summed E-state index contributed by atoms with van der Waals surface area (Å²) in [5, 5.41) is 12.8. The molecule has 29 heavy (non-hydrogen) atoms. The summed E-state index contributed by atoms with van der Waals surface area (Å²) >= 11 is 0. The zero-order chi connectivity index (χ0) is 20.2. The van der Waals surface area contributed by atoms with Crippen molar-refractivity contribution in [3.8, 4) is 5.69 Å². The summed E-state index contributed by atoms with van der Waals surface area (Å²) in [6.07, 6.45) is 0. The number of benzene rings is 3. The lowest BCUT2D eigenvalue weighted by molar-refractivity contribution is 0.258. The molecule has 0 unspecified atom stereocenters. The van der Waals surface area contributed by atoms with Crippen molar-refractivity contribution >= 4 is 0 Å². The summed E-state index contributed by atoms with van der Waals surface area (Å²) in [6.45, 7) is 4.98. The first-order chi connectivity index (χ1) is 14.1. The zero-order valence-corrected chi connectivity index (χ0v) is 17.0. The molecule has 0 amide bonds. The van der Waals surface area contributed by atoms with Crippen molar-refractivity contribution in [3.05, 3.63) is 107 Å². The molecule has 1 atom stereocenters. The van der Waals surface area contributed by atoms with Gasteiger partial charge in [0.1, 0.15) is 0 Å². The van der Waals surface area contributed by atoms with Crippen molar-refractivity contribution in [2.45, 2.75) is 26.4 Å². The fraction of sp³-hybridized carbons (Fsp3) is 0.208. The van der Waals surface area contributed by atoms with Crippen LogP contribution < -0.4 is 0 Å². The van der Waals surface area contributed by atoms with Crippen LogP contribution >= 0.6 is 0 Å². The smallest absolute Gasteiger partial charge is 0.178 e. The SMILES string of the molecule is Cc1ccc(CN(C)[C@@H](c2ccccc2)c2nnnn2-c2ccccc2C)cc1. The minimum Gasteiger partial charge on any atom is -0.288 e. The summed E-state index contributed by atoms with van der Waals surface area (Å²) in [4.78, 5) is 2.29. The number of nitrogens with zero attached hydrogens (tertiary/aromatic N) is 5. The van der Waals surface area contributed by atoms with Gasteiger partial charge in [-0.15, -0.1) is 5.10 Å². The van der Waals surface area contributed by atoms with Crippen LogP contribution in [0.2, 0.25) is 0 Å². The Morgan fingerprint density at radius 3 is 2.28 bits per heavy atom. The fourth-order valence-electron chi connectivity index (χ4n) is 3.65. The van der Waals surface area contributed by atoms with Gasteiger partial charge in [0.15, 0.2) is 5.82 Å². The number of rotatable bonds is 6. The fourth-order valence-corrected chi connectivity index (χ4v) is 3.65. The molecular formula is C24H25N5. The standard InChI is InChI=1S/C24H25N5/c1-18-13-15-20(16-14-18)17-28(3)23(21-10-5-4-6-11-21)24-25-26-27-29(24)22-12-8-7-9-19(22)2/h4-16,23H,17H2,1-3H3/t23-/m0/s1. The van der Waals surface area contributed by atoms with Crippen LogP contribution in [-0.4, -0.2) is 32.2 Å². The van der Waals surface area contributed by atoms with Gasteiger partial charge in [-0.25, -0.2) is 0 Å². The van der Waals surface area contributed by atoms with Gasteiger partial charge in [0.2, 0.25) is 0 Å². The highest BCUT2D eigenvalue weighted by Crippen LogP contribution is 2.29. The molecule has 5 heteroatoms. The van der Waals surface area contributed by atoms with Crippen molar-refractivity contribution < 1.29 is 0 Å². The maximum atomic E-state index is 4.45. The molecule has 5 nitrogen and oxygen atoms in total. The average Bonchev–Trinajstić information content (AvgIpc) is 3.20. The average molecular weight is 383 g/mol. The van der Waals surface area contributed by atoms with E-state index in [1.807, 2.05) is 22.9 Å². The number of hydrogen-bond acceptors (Lipinski definition) is 4. The predicted molar refractivity (Wildman–Crippen MR) is 115 cm³/mol. The molecule has 0 aliphatic carbocycles. The van der Waals surface area contributed by atoms with E-state index in [2.05, 4.69) is 102 Å². The molecule has 0 spiro atoms. The third kappa shape index (κ3) is 4.10. The first kappa shape index (κ1) is 19.0. The van der Waals surface area contributed by atoms with E-state index < -0.39 is 0 Å². The van der Waals surface area contributed by atoms with Gasteiger partial charge in [-0.2, -0.15) is 4.68 Å². The number of aromatic nitrogens is 4. The van der Waals surface area contributed by atoms with Gasteiger partial charge in [-0.3, -0.25) is 4.90 Å². The van der Waals surface area contributed by atoms with Gasteiger partial charge in [-0.05, 0) is 54.1 Å². The molecule has 4 rings (SSSR count). The van der Waals surface area contributed by atoms with Crippen molar-refractivity contribution in [3.63, 3.8) is 0 Å². The molecule has 0 fully saturated rings. The number of hydrogen-bond donors (Lipinski definition) is 0. The van der Waals surface area contributed by atoms with Crippen LogP contribution in [0.25, 0.3) is 5.69 Å². The molecule has 0 bridgehead atoms. The first-order valence-electron chi connectivity index (χ1n) is 9.78. The van der Waals surface area contributed by atoms with Crippen molar-refractivity contribution in [1.29, 1.82) is 0 Å². The molecular weight excluding hydrogens is 358 g/mol. The molecule has 0 aliphatic rings. The Labute approximate surface area is 171 Å². The Balaban J connectivity index is 1.76. The zero-order valence-electron chi connectivity index (χ0n) is 17.0. The summed E-state index contributed by atoms with van der Waals surface area (Å²) in [5.74, 6) is 0.806. The van der Waals surface area contributed by atoms with Gasteiger partial charge >= 0.3 is 0 Å². The van der Waals surface area contributed by atoms with Gasteiger partial charge in [0, 0.05) is 6.54 Å². The summed E-state index contributed by atoms with van der Waals surface area (Å²) < 4.78 is 1.86. The van der Waals surface area contributed by atoms with Crippen molar-refractivity contribution in [1.82, 2.24) is 25.1 Å². The molecule has 4 aromatic rings. The number of tetrazole rings is 1. The van der Waals surface area contributed by atoms with Crippen LogP contribution in [0.3, 0.4) is 0 Å². The Kier molecular flexibility index (Phi) is 5.49. The molecule has 0 saturated heterocycles. The Hall–Kier alpha value is -3.31. The molecule has 0 N–H and O–H groups in total. The highest BCUT2D eigenvalue weighted by Gasteiger charge is 2.26. The van der Waals surface area contributed by atoms with Crippen LogP contribution in [0.1, 0.15) is 34.1 Å². The third-order valence-corrected chi connectivity index (χ3v) is 5.19. The van der Waals surface area contributed by atoms with Gasteiger partial charge in [-0.1, -0.05) is 78.4 Å². The highest BCUT2D eigenvalue weighted by atomic mass is 15.6. The summed E-state index contributed by atoms with van der Waals surface area (Å²) in [7, 11) is 2.12. The second-order valence-corrected chi connectivity index (χ2v) is 7.45. The van der Waals surface area contributed by atoms with Gasteiger partial charge < -0.3 is 0 Å². The van der Waals surface area contributed by atoms with E-state index in [-0.39, 0.29) is 6.04 Å². The van der Waals surface area contributed by atoms with E-state index in [0.29, 0.717) is 0 Å². The first-order valence-corrected chi connectivity index (χ1v) is 9.78. The van der Waals surface area contributed by atoms with Crippen LogP contribution in [0.15, 0.2) is 78.9 Å². The highest BCUT2D eigenvalue weighted by molar-refractivity contribution is 5.40. The van der Waals surface area contributed by atoms with Crippen LogP contribution in [0.5, 0.6) is 0 Å². The molecule has 3 aromatic carbocycles. The molecule has 0 radical (unpaired) electrons. The van der Waals surface area contributed by atoms with Gasteiger partial charge in [0.25, 0.3) is 0 Å². The van der Waals surface area contributed by atoms with Crippen LogP contribution in [0, 0.1) is 13.8 Å². The minimum atomic E-state index is -0.0768. The number of para-hydroxylation sites is 1. The number of aryl methyl sites for hydroxylation is 2. The van der Waals surface area contributed by atoms with Crippen molar-refractivity contribution in [2.75, 3.05) is 7.05 Å². The maximum absolute atomic E-state index is 4.45. The lowest BCUT2D eigenvalue weighted by Gasteiger charge is -2.28. The second kappa shape index (κ2) is 8.37. The molecule has 1 heterocycles. The van der Waals surface area contributed by atoms with E-state index in [0.717, 1.165) is 29.2 Å². The normalized spacial score (nSPS) is 12.3. The molecule has 146 valence electrons. The van der Waals surface area contributed by atoms with E-state index in [9.17, 15) is 0 Å². The van der Waals surface area contributed by atoms with E-state index in [1.165, 1.54) is 11.1 Å². The molecule has 0 saturated carbocycles. The quantitative estimate of drug-likeness (QED) is 0.492. The van der Waals surface area contributed by atoms with Gasteiger partial charge in [0.05, 0.1) is 11.7 Å².